The van der Waals surface area contributed by atoms with Crippen LogP contribution in [-0.4, -0.2) is 96.0 Å². The summed E-state index contributed by atoms with van der Waals surface area (Å²) in [6.45, 7) is 3.75. The van der Waals surface area contributed by atoms with E-state index in [0.717, 1.165) is 25.7 Å². The average molecular weight is 959 g/mol. The lowest BCUT2D eigenvalue weighted by Crippen LogP contribution is -2.60. The molecule has 1 fully saturated rings. The lowest BCUT2D eigenvalue weighted by Gasteiger charge is -2.40. The van der Waals surface area contributed by atoms with Crippen molar-refractivity contribution in [2.45, 2.75) is 282 Å². The zero-order valence-electron chi connectivity index (χ0n) is 41.8. The molecule has 0 amide bonds. The third kappa shape index (κ3) is 37.1. The first-order valence-electron chi connectivity index (χ1n) is 26.9. The minimum Gasteiger partial charge on any atom is -0.462 e. The molecular weight excluding hydrogens is 861 g/mol. The lowest BCUT2D eigenvalue weighted by atomic mass is 10.00. The molecule has 1 aliphatic heterocycles. The average Bonchev–Trinajstić information content (AvgIpc) is 3.28. The summed E-state index contributed by atoms with van der Waals surface area (Å²) < 4.78 is 54.2. The molecule has 1 aliphatic rings. The fourth-order valence-corrected chi connectivity index (χ4v) is 9.04. The zero-order chi connectivity index (χ0) is 48.4. The molecule has 0 aliphatic carbocycles. The Bertz CT molecular complexity index is 1310. The largest absolute Gasteiger partial charge is 0.462 e. The minimum absolute atomic E-state index is 0.0783. The van der Waals surface area contributed by atoms with Crippen LogP contribution in [0.4, 0.5) is 0 Å². The van der Waals surface area contributed by atoms with E-state index in [-0.39, 0.29) is 19.4 Å². The van der Waals surface area contributed by atoms with Crippen molar-refractivity contribution in [2.24, 2.45) is 0 Å². The van der Waals surface area contributed by atoms with E-state index in [1.165, 1.54) is 180 Å². The van der Waals surface area contributed by atoms with Crippen molar-refractivity contribution >= 4 is 22.1 Å². The van der Waals surface area contributed by atoms with E-state index >= 15 is 0 Å². The second-order valence-electron chi connectivity index (χ2n) is 18.9. The number of allylic oxidation sites excluding steroid dienone is 4. The van der Waals surface area contributed by atoms with Crippen LogP contribution in [0, 0.1) is 0 Å². The molecule has 0 bridgehead atoms. The van der Waals surface area contributed by atoms with E-state index in [9.17, 15) is 37.9 Å². The van der Waals surface area contributed by atoms with Gasteiger partial charge < -0.3 is 34.3 Å². The number of aliphatic hydroxyl groups excluding tert-OH is 3. The van der Waals surface area contributed by atoms with Gasteiger partial charge in [-0.15, -0.1) is 0 Å². The molecule has 66 heavy (non-hydrogen) atoms. The van der Waals surface area contributed by atoms with Gasteiger partial charge in [0.15, 0.2) is 12.4 Å². The fraction of sp³-hybridized carbons (Fsp3) is 0.887. The topological polar surface area (TPSA) is 186 Å². The van der Waals surface area contributed by atoms with Gasteiger partial charge in [-0.25, -0.2) is 0 Å². The number of rotatable bonds is 46. The van der Waals surface area contributed by atoms with Crippen LogP contribution in [0.2, 0.25) is 0 Å². The van der Waals surface area contributed by atoms with Crippen LogP contribution >= 0.6 is 0 Å². The number of carbonyl (C=O) groups is 2. The molecule has 1 rings (SSSR count). The molecule has 1 heterocycles. The number of hydrogen-bond acceptors (Lipinski definition) is 11. The number of ether oxygens (including phenoxy) is 4. The number of hydrogen-bond donors (Lipinski definition) is 4. The van der Waals surface area contributed by atoms with Crippen molar-refractivity contribution in [1.82, 2.24) is 0 Å². The maximum Gasteiger partial charge on any atom is 0.306 e. The van der Waals surface area contributed by atoms with Crippen molar-refractivity contribution in [3.05, 3.63) is 24.3 Å². The van der Waals surface area contributed by atoms with Crippen LogP contribution < -0.4 is 0 Å². The highest BCUT2D eigenvalue weighted by Crippen LogP contribution is 2.24. The van der Waals surface area contributed by atoms with E-state index in [2.05, 4.69) is 32.1 Å². The van der Waals surface area contributed by atoms with Gasteiger partial charge in [0.2, 0.25) is 0 Å². The third-order valence-electron chi connectivity index (χ3n) is 12.5. The number of esters is 2. The van der Waals surface area contributed by atoms with Gasteiger partial charge in [-0.1, -0.05) is 212 Å². The smallest absolute Gasteiger partial charge is 0.306 e. The highest BCUT2D eigenvalue weighted by atomic mass is 32.2. The Morgan fingerprint density at radius 3 is 1.32 bits per heavy atom. The molecule has 4 N–H and O–H groups in total. The van der Waals surface area contributed by atoms with Gasteiger partial charge in [0.1, 0.15) is 36.8 Å². The highest BCUT2D eigenvalue weighted by Gasteiger charge is 2.46. The molecule has 0 aromatic heterocycles. The van der Waals surface area contributed by atoms with Crippen molar-refractivity contribution < 1.29 is 56.8 Å². The third-order valence-corrected chi connectivity index (χ3v) is 13.3. The second-order valence-corrected chi connectivity index (χ2v) is 20.4. The molecule has 6 atom stereocenters. The van der Waals surface area contributed by atoms with Crippen LogP contribution in [0.3, 0.4) is 0 Å². The first kappa shape index (κ1) is 62.1. The van der Waals surface area contributed by atoms with E-state index in [0.29, 0.717) is 12.8 Å². The monoisotopic (exact) mass is 959 g/mol. The molecule has 388 valence electrons. The molecule has 1 saturated heterocycles. The predicted octanol–water partition coefficient (Wildman–Crippen LogP) is 12.3. The van der Waals surface area contributed by atoms with Crippen LogP contribution in [0.5, 0.6) is 0 Å². The molecule has 0 aromatic carbocycles. The Hall–Kier alpha value is -1.87. The molecule has 0 spiro atoms. The van der Waals surface area contributed by atoms with Gasteiger partial charge >= 0.3 is 11.9 Å². The van der Waals surface area contributed by atoms with E-state index in [1.54, 1.807) is 0 Å². The Labute approximate surface area is 402 Å². The Balaban J connectivity index is 2.35. The summed E-state index contributed by atoms with van der Waals surface area (Å²) in [5, 5.41) is 31.0. The van der Waals surface area contributed by atoms with Crippen LogP contribution in [-0.2, 0) is 38.7 Å². The molecule has 0 aromatic rings. The number of carbonyl (C=O) groups excluding carboxylic acids is 2. The summed E-state index contributed by atoms with van der Waals surface area (Å²) in [5.41, 5.74) is 0. The Morgan fingerprint density at radius 1 is 0.500 bits per heavy atom. The van der Waals surface area contributed by atoms with Crippen molar-refractivity contribution in [2.75, 3.05) is 19.0 Å². The first-order chi connectivity index (χ1) is 32.0. The summed E-state index contributed by atoms with van der Waals surface area (Å²) in [7, 11) is -4.61. The Kier molecular flexibility index (Phi) is 40.7. The molecule has 12 nitrogen and oxygen atoms in total. The fourth-order valence-electron chi connectivity index (χ4n) is 8.35. The number of aliphatic hydroxyl groups is 3. The summed E-state index contributed by atoms with van der Waals surface area (Å²) in [6, 6.07) is 0. The summed E-state index contributed by atoms with van der Waals surface area (Å²) >= 11 is 0. The van der Waals surface area contributed by atoms with Gasteiger partial charge in [0.05, 0.1) is 6.61 Å². The van der Waals surface area contributed by atoms with E-state index in [4.69, 9.17) is 18.9 Å². The molecule has 0 radical (unpaired) electrons. The van der Waals surface area contributed by atoms with Crippen LogP contribution in [0.15, 0.2) is 24.3 Å². The maximum atomic E-state index is 12.8. The molecule has 2 unspecified atom stereocenters. The summed E-state index contributed by atoms with van der Waals surface area (Å²) in [4.78, 5) is 25.5. The maximum absolute atomic E-state index is 12.8. The lowest BCUT2D eigenvalue weighted by molar-refractivity contribution is -0.297. The van der Waals surface area contributed by atoms with E-state index in [1.807, 2.05) is 6.08 Å². The van der Waals surface area contributed by atoms with Crippen molar-refractivity contribution in [3.8, 4) is 0 Å². The SMILES string of the molecule is CCCCCCCCCCCCC/C=C/CCC(=O)O[C@H](COC(=O)CCC/C=C/CCCCCCCCCCCCCCCCCCCC)CO[C@H]1O[C@H](CS(=O)(=O)O)[C@@H](O)C(O)C1O. The molecule has 13 heteroatoms. The van der Waals surface area contributed by atoms with Crippen LogP contribution in [0.25, 0.3) is 0 Å². The molecular formula is C53H98O12S. The first-order valence-corrected chi connectivity index (χ1v) is 28.5. The quantitative estimate of drug-likeness (QED) is 0.0196. The van der Waals surface area contributed by atoms with Gasteiger partial charge in [-0.05, 0) is 44.9 Å². The van der Waals surface area contributed by atoms with Gasteiger partial charge in [0.25, 0.3) is 10.1 Å². The van der Waals surface area contributed by atoms with Gasteiger partial charge in [-0.3, -0.25) is 14.1 Å². The second kappa shape index (κ2) is 43.2. The summed E-state index contributed by atoms with van der Waals surface area (Å²) in [6.07, 6.45) is 41.1. The molecule has 0 saturated carbocycles. The van der Waals surface area contributed by atoms with Crippen LogP contribution in [0.1, 0.15) is 245 Å². The summed E-state index contributed by atoms with van der Waals surface area (Å²) in [5.74, 6) is -2.07. The van der Waals surface area contributed by atoms with Crippen molar-refractivity contribution in [1.29, 1.82) is 0 Å². The zero-order valence-corrected chi connectivity index (χ0v) is 42.6. The highest BCUT2D eigenvalue weighted by molar-refractivity contribution is 7.85. The minimum atomic E-state index is -4.61. The normalized spacial score (nSPS) is 19.5. The predicted molar refractivity (Wildman–Crippen MR) is 266 cm³/mol. The van der Waals surface area contributed by atoms with Gasteiger partial charge in [0, 0.05) is 12.8 Å². The van der Waals surface area contributed by atoms with E-state index < -0.39 is 71.2 Å². The standard InChI is InChI=1S/C53H98O12S/c1-3-5-7-9-11-13-15-17-19-20-21-22-23-24-25-26-28-29-31-33-35-37-39-41-48(54)62-43-46(44-63-53-52(58)51(57)50(56)47(65-53)45-66(59,60)61)64-49(55)42-40-38-36-34-32-30-27-18-16-14-12-10-8-6-4-2/h33,35-36,38,46-47,50-53,56-58H,3-32,34,37,39-45H2,1-2H3,(H,59,60,61)/b35-33+,38-36+/t46-,47-,50-,51?,52?,53+/m1/s1. The van der Waals surface area contributed by atoms with Crippen molar-refractivity contribution in [3.63, 3.8) is 0 Å². The van der Waals surface area contributed by atoms with Gasteiger partial charge in [-0.2, -0.15) is 8.42 Å². The Morgan fingerprint density at radius 2 is 0.894 bits per heavy atom. The number of unbranched alkanes of at least 4 members (excludes halogenated alkanes) is 30.